The third kappa shape index (κ3) is 3.28. The summed E-state index contributed by atoms with van der Waals surface area (Å²) in [7, 11) is 0. The van der Waals surface area contributed by atoms with Gasteiger partial charge in [-0.2, -0.15) is 0 Å². The number of benzene rings is 2. The first-order valence-electron chi connectivity index (χ1n) is 6.04. The predicted molar refractivity (Wildman–Crippen MR) is 89.3 cm³/mol. The van der Waals surface area contributed by atoms with Crippen LogP contribution >= 0.6 is 31.9 Å². The van der Waals surface area contributed by atoms with E-state index >= 15 is 0 Å². The maximum atomic E-state index is 12.3. The molecule has 0 atom stereocenters. The number of anilines is 1. The SMILES string of the molecule is Cc1c(C(=O)Nc2cc(Br)c(O)c(Br)c2)cccc1[N+](=O)[O-]. The molecule has 0 fully saturated rings. The Morgan fingerprint density at radius 2 is 1.86 bits per heavy atom. The number of hydrogen-bond acceptors (Lipinski definition) is 4. The van der Waals surface area contributed by atoms with E-state index < -0.39 is 10.8 Å². The molecule has 0 aliphatic carbocycles. The van der Waals surface area contributed by atoms with Gasteiger partial charge in [0.1, 0.15) is 5.75 Å². The van der Waals surface area contributed by atoms with Crippen molar-refractivity contribution in [3.63, 3.8) is 0 Å². The second-order valence-corrected chi connectivity index (χ2v) is 6.16. The van der Waals surface area contributed by atoms with Crippen LogP contribution in [0, 0.1) is 17.0 Å². The molecule has 2 N–H and O–H groups in total. The van der Waals surface area contributed by atoms with Crippen molar-refractivity contribution >= 4 is 49.1 Å². The van der Waals surface area contributed by atoms with Crippen LogP contribution in [0.3, 0.4) is 0 Å². The molecule has 2 rings (SSSR count). The number of carbonyl (C=O) groups excluding carboxylic acids is 1. The van der Waals surface area contributed by atoms with E-state index in [2.05, 4.69) is 37.2 Å². The van der Waals surface area contributed by atoms with Gasteiger partial charge in [0.15, 0.2) is 0 Å². The first kappa shape index (κ1) is 16.4. The Morgan fingerprint density at radius 1 is 1.27 bits per heavy atom. The smallest absolute Gasteiger partial charge is 0.273 e. The van der Waals surface area contributed by atoms with Crippen LogP contribution in [-0.2, 0) is 0 Å². The van der Waals surface area contributed by atoms with Crippen LogP contribution < -0.4 is 5.32 Å². The zero-order chi connectivity index (χ0) is 16.4. The summed E-state index contributed by atoms with van der Waals surface area (Å²) in [4.78, 5) is 22.7. The highest BCUT2D eigenvalue weighted by molar-refractivity contribution is 9.11. The molecular weight excluding hydrogens is 420 g/mol. The molecule has 0 radical (unpaired) electrons. The van der Waals surface area contributed by atoms with E-state index in [-0.39, 0.29) is 17.0 Å². The average Bonchev–Trinajstić information content (AvgIpc) is 2.44. The molecule has 0 aromatic heterocycles. The Kier molecular flexibility index (Phi) is 4.82. The zero-order valence-corrected chi connectivity index (χ0v) is 14.4. The highest BCUT2D eigenvalue weighted by atomic mass is 79.9. The van der Waals surface area contributed by atoms with E-state index in [4.69, 9.17) is 0 Å². The van der Waals surface area contributed by atoms with Gasteiger partial charge in [0.2, 0.25) is 0 Å². The van der Waals surface area contributed by atoms with Crippen molar-refractivity contribution in [2.45, 2.75) is 6.92 Å². The molecule has 0 saturated carbocycles. The molecule has 0 saturated heterocycles. The van der Waals surface area contributed by atoms with Gasteiger partial charge in [-0.05, 0) is 57.0 Å². The molecule has 0 bridgehead atoms. The van der Waals surface area contributed by atoms with Crippen molar-refractivity contribution in [2.75, 3.05) is 5.32 Å². The number of phenols is 1. The van der Waals surface area contributed by atoms with Crippen LogP contribution in [0.25, 0.3) is 0 Å². The van der Waals surface area contributed by atoms with Crippen LogP contribution in [0.2, 0.25) is 0 Å². The normalized spacial score (nSPS) is 10.3. The van der Waals surface area contributed by atoms with Gasteiger partial charge in [-0.15, -0.1) is 0 Å². The van der Waals surface area contributed by atoms with Gasteiger partial charge in [0.05, 0.1) is 13.9 Å². The molecule has 1 amide bonds. The van der Waals surface area contributed by atoms with Crippen LogP contribution in [-0.4, -0.2) is 15.9 Å². The van der Waals surface area contributed by atoms with Gasteiger partial charge < -0.3 is 10.4 Å². The largest absolute Gasteiger partial charge is 0.506 e. The zero-order valence-electron chi connectivity index (χ0n) is 11.3. The number of hydrogen-bond donors (Lipinski definition) is 2. The summed E-state index contributed by atoms with van der Waals surface area (Å²) in [6.07, 6.45) is 0. The maximum absolute atomic E-state index is 12.3. The Labute approximate surface area is 142 Å². The van der Waals surface area contributed by atoms with Gasteiger partial charge in [-0.1, -0.05) is 6.07 Å². The van der Waals surface area contributed by atoms with E-state index in [9.17, 15) is 20.0 Å². The van der Waals surface area contributed by atoms with Crippen molar-refractivity contribution in [3.8, 4) is 5.75 Å². The van der Waals surface area contributed by atoms with Gasteiger partial charge in [0, 0.05) is 22.9 Å². The summed E-state index contributed by atoms with van der Waals surface area (Å²) >= 11 is 6.34. The lowest BCUT2D eigenvalue weighted by molar-refractivity contribution is -0.385. The summed E-state index contributed by atoms with van der Waals surface area (Å²) in [5.74, 6) is -0.449. The molecule has 0 heterocycles. The Bertz CT molecular complexity index is 754. The lowest BCUT2D eigenvalue weighted by Crippen LogP contribution is -2.14. The molecule has 6 nitrogen and oxygen atoms in total. The van der Waals surface area contributed by atoms with Gasteiger partial charge >= 0.3 is 0 Å². The first-order chi connectivity index (χ1) is 10.3. The van der Waals surface area contributed by atoms with Gasteiger partial charge in [0.25, 0.3) is 11.6 Å². The second kappa shape index (κ2) is 6.45. The molecule has 0 aliphatic rings. The van der Waals surface area contributed by atoms with Crippen molar-refractivity contribution in [1.82, 2.24) is 0 Å². The summed E-state index contributed by atoms with van der Waals surface area (Å²) in [6.45, 7) is 1.52. The van der Waals surface area contributed by atoms with E-state index in [1.54, 1.807) is 0 Å². The second-order valence-electron chi connectivity index (χ2n) is 4.45. The third-order valence-corrected chi connectivity index (χ3v) is 4.23. The minimum absolute atomic E-state index is 0.0181. The molecule has 2 aromatic rings. The topological polar surface area (TPSA) is 92.5 Å². The predicted octanol–water partition coefficient (Wildman–Crippen LogP) is 4.39. The Balaban J connectivity index is 2.34. The van der Waals surface area contributed by atoms with E-state index in [1.165, 1.54) is 37.3 Å². The molecule has 22 heavy (non-hydrogen) atoms. The van der Waals surface area contributed by atoms with Crippen molar-refractivity contribution in [3.05, 3.63) is 60.5 Å². The number of rotatable bonds is 3. The molecule has 0 unspecified atom stereocenters. The fraction of sp³-hybridized carbons (Fsp3) is 0.0714. The van der Waals surface area contributed by atoms with Crippen molar-refractivity contribution in [2.24, 2.45) is 0 Å². The minimum Gasteiger partial charge on any atom is -0.506 e. The third-order valence-electron chi connectivity index (χ3n) is 3.02. The quantitative estimate of drug-likeness (QED) is 0.430. The highest BCUT2D eigenvalue weighted by Crippen LogP contribution is 2.35. The van der Waals surface area contributed by atoms with E-state index in [1.807, 2.05) is 0 Å². The molecular formula is C14H10Br2N2O4. The van der Waals surface area contributed by atoms with Crippen molar-refractivity contribution < 1.29 is 14.8 Å². The summed E-state index contributed by atoms with van der Waals surface area (Å²) in [5, 5.41) is 23.2. The molecule has 0 spiro atoms. The first-order valence-corrected chi connectivity index (χ1v) is 7.63. The monoisotopic (exact) mass is 428 g/mol. The number of carbonyl (C=O) groups is 1. The van der Waals surface area contributed by atoms with Crippen LogP contribution in [0.1, 0.15) is 15.9 Å². The number of nitrogens with one attached hydrogen (secondary N) is 1. The lowest BCUT2D eigenvalue weighted by Gasteiger charge is -2.10. The Hall–Kier alpha value is -1.93. The summed E-state index contributed by atoms with van der Waals surface area (Å²) in [5.41, 5.74) is 0.838. The maximum Gasteiger partial charge on any atom is 0.273 e. The van der Waals surface area contributed by atoms with Crippen molar-refractivity contribution in [1.29, 1.82) is 0 Å². The molecule has 114 valence electrons. The van der Waals surface area contributed by atoms with E-state index in [0.29, 0.717) is 20.2 Å². The number of halogens is 2. The number of nitro benzene ring substituents is 1. The van der Waals surface area contributed by atoms with Gasteiger partial charge in [-0.25, -0.2) is 0 Å². The highest BCUT2D eigenvalue weighted by Gasteiger charge is 2.18. The summed E-state index contributed by atoms with van der Waals surface area (Å²) < 4.78 is 0.820. The standard InChI is InChI=1S/C14H10Br2N2O4/c1-7-9(3-2-4-12(7)18(21)22)14(20)17-8-5-10(15)13(19)11(16)6-8/h2-6,19H,1H3,(H,17,20). The number of amides is 1. The van der Waals surface area contributed by atoms with E-state index in [0.717, 1.165) is 0 Å². The minimum atomic E-state index is -0.528. The fourth-order valence-corrected chi connectivity index (χ4v) is 3.09. The number of aromatic hydroxyl groups is 1. The van der Waals surface area contributed by atoms with Crippen LogP contribution in [0.4, 0.5) is 11.4 Å². The number of nitro groups is 1. The van der Waals surface area contributed by atoms with Gasteiger partial charge in [-0.3, -0.25) is 14.9 Å². The van der Waals surface area contributed by atoms with Crippen LogP contribution in [0.5, 0.6) is 5.75 Å². The summed E-state index contributed by atoms with van der Waals surface area (Å²) in [6, 6.07) is 7.39. The van der Waals surface area contributed by atoms with Crippen LogP contribution in [0.15, 0.2) is 39.3 Å². The lowest BCUT2D eigenvalue weighted by atomic mass is 10.1. The molecule has 0 aliphatic heterocycles. The fourth-order valence-electron chi connectivity index (χ4n) is 1.90. The average molecular weight is 430 g/mol. The molecule has 8 heteroatoms. The Morgan fingerprint density at radius 3 is 2.41 bits per heavy atom. The number of phenolic OH excluding ortho intramolecular Hbond substituents is 1. The molecule has 2 aromatic carbocycles. The number of nitrogens with zero attached hydrogens (tertiary/aromatic N) is 1.